The standard InChI is InChI=1S/C15H14ClF2NO/c16-12-4-1-3-10(7-8-19)15(12)20-9-11-13(17)5-2-6-14(11)18/h1-6H,7-9,19H2. The summed E-state index contributed by atoms with van der Waals surface area (Å²) in [6, 6.07) is 8.96. The summed E-state index contributed by atoms with van der Waals surface area (Å²) in [6.45, 7) is 0.213. The number of para-hydroxylation sites is 1. The van der Waals surface area contributed by atoms with Crippen molar-refractivity contribution >= 4 is 11.6 Å². The molecule has 2 N–H and O–H groups in total. The Hall–Kier alpha value is -1.65. The Morgan fingerprint density at radius 1 is 1.05 bits per heavy atom. The second kappa shape index (κ2) is 6.68. The Labute approximate surface area is 121 Å². The van der Waals surface area contributed by atoms with Crippen LogP contribution in [0.2, 0.25) is 5.02 Å². The summed E-state index contributed by atoms with van der Waals surface area (Å²) >= 11 is 6.06. The van der Waals surface area contributed by atoms with Gasteiger partial charge in [-0.3, -0.25) is 0 Å². The van der Waals surface area contributed by atoms with Crippen molar-refractivity contribution in [2.45, 2.75) is 13.0 Å². The Morgan fingerprint density at radius 3 is 2.35 bits per heavy atom. The number of hydrogen-bond donors (Lipinski definition) is 1. The molecule has 5 heteroatoms. The molecule has 2 nitrogen and oxygen atoms in total. The third-order valence-corrected chi connectivity index (χ3v) is 3.18. The van der Waals surface area contributed by atoms with Crippen LogP contribution in [0.1, 0.15) is 11.1 Å². The molecule has 106 valence electrons. The average molecular weight is 298 g/mol. The van der Waals surface area contributed by atoms with Gasteiger partial charge in [0.1, 0.15) is 24.0 Å². The fourth-order valence-electron chi connectivity index (χ4n) is 1.88. The molecule has 0 aromatic heterocycles. The van der Waals surface area contributed by atoms with E-state index in [0.717, 1.165) is 5.56 Å². The Morgan fingerprint density at radius 2 is 1.70 bits per heavy atom. The van der Waals surface area contributed by atoms with Gasteiger partial charge in [0.2, 0.25) is 0 Å². The van der Waals surface area contributed by atoms with E-state index in [1.54, 1.807) is 12.1 Å². The summed E-state index contributed by atoms with van der Waals surface area (Å²) < 4.78 is 32.6. The lowest BCUT2D eigenvalue weighted by molar-refractivity contribution is 0.290. The normalized spacial score (nSPS) is 10.6. The minimum atomic E-state index is -0.641. The van der Waals surface area contributed by atoms with E-state index >= 15 is 0 Å². The molecular formula is C15H14ClF2NO. The van der Waals surface area contributed by atoms with E-state index in [-0.39, 0.29) is 12.2 Å². The van der Waals surface area contributed by atoms with Gasteiger partial charge >= 0.3 is 0 Å². The molecule has 0 spiro atoms. The quantitative estimate of drug-likeness (QED) is 0.913. The fraction of sp³-hybridized carbons (Fsp3) is 0.200. The zero-order chi connectivity index (χ0) is 14.5. The number of hydrogen-bond acceptors (Lipinski definition) is 2. The second-order valence-corrected chi connectivity index (χ2v) is 4.66. The van der Waals surface area contributed by atoms with Crippen molar-refractivity contribution in [1.29, 1.82) is 0 Å². The molecule has 0 aliphatic heterocycles. The van der Waals surface area contributed by atoms with Crippen LogP contribution in [-0.2, 0) is 13.0 Å². The molecule has 0 saturated heterocycles. The highest BCUT2D eigenvalue weighted by Crippen LogP contribution is 2.30. The highest BCUT2D eigenvalue weighted by molar-refractivity contribution is 6.32. The molecule has 0 fully saturated rings. The number of ether oxygens (including phenoxy) is 1. The van der Waals surface area contributed by atoms with Gasteiger partial charge in [-0.15, -0.1) is 0 Å². The predicted octanol–water partition coefficient (Wildman–Crippen LogP) is 3.70. The molecule has 0 aliphatic carbocycles. The molecule has 0 amide bonds. The van der Waals surface area contributed by atoms with Crippen LogP contribution in [0.25, 0.3) is 0 Å². The highest BCUT2D eigenvalue weighted by atomic mass is 35.5. The van der Waals surface area contributed by atoms with Gasteiger partial charge in [0, 0.05) is 0 Å². The van der Waals surface area contributed by atoms with Gasteiger partial charge in [0.05, 0.1) is 10.6 Å². The lowest BCUT2D eigenvalue weighted by Gasteiger charge is -2.13. The molecule has 0 bridgehead atoms. The van der Waals surface area contributed by atoms with Crippen LogP contribution in [-0.4, -0.2) is 6.54 Å². The molecule has 0 radical (unpaired) electrons. The smallest absolute Gasteiger partial charge is 0.141 e. The van der Waals surface area contributed by atoms with Gasteiger partial charge in [-0.25, -0.2) is 8.78 Å². The van der Waals surface area contributed by atoms with E-state index in [1.807, 2.05) is 6.07 Å². The Balaban J connectivity index is 2.23. The van der Waals surface area contributed by atoms with E-state index in [0.29, 0.717) is 23.7 Å². The third kappa shape index (κ3) is 3.26. The molecule has 2 rings (SSSR count). The summed E-state index contributed by atoms with van der Waals surface area (Å²) in [7, 11) is 0. The minimum absolute atomic E-state index is 0.119. The SMILES string of the molecule is NCCc1cccc(Cl)c1OCc1c(F)cccc1F. The van der Waals surface area contributed by atoms with Crippen LogP contribution in [0.5, 0.6) is 5.75 Å². The molecule has 0 heterocycles. The lowest BCUT2D eigenvalue weighted by atomic mass is 10.1. The number of benzene rings is 2. The molecular weight excluding hydrogens is 284 g/mol. The maximum absolute atomic E-state index is 13.5. The first-order valence-corrected chi connectivity index (χ1v) is 6.54. The van der Waals surface area contributed by atoms with Gasteiger partial charge in [-0.2, -0.15) is 0 Å². The summed E-state index contributed by atoms with van der Waals surface area (Å²) in [5.41, 5.74) is 6.21. The lowest BCUT2D eigenvalue weighted by Crippen LogP contribution is -2.07. The number of nitrogens with two attached hydrogens (primary N) is 1. The van der Waals surface area contributed by atoms with Crippen molar-refractivity contribution in [2.24, 2.45) is 5.73 Å². The van der Waals surface area contributed by atoms with E-state index in [4.69, 9.17) is 22.1 Å². The summed E-state index contributed by atoms with van der Waals surface area (Å²) in [5, 5.41) is 0.396. The monoisotopic (exact) mass is 297 g/mol. The summed E-state index contributed by atoms with van der Waals surface area (Å²) in [4.78, 5) is 0. The molecule has 0 atom stereocenters. The van der Waals surface area contributed by atoms with Crippen molar-refractivity contribution in [3.8, 4) is 5.75 Å². The van der Waals surface area contributed by atoms with Crippen molar-refractivity contribution in [3.05, 3.63) is 64.2 Å². The minimum Gasteiger partial charge on any atom is -0.487 e. The van der Waals surface area contributed by atoms with Crippen LogP contribution in [0.15, 0.2) is 36.4 Å². The van der Waals surface area contributed by atoms with Crippen molar-refractivity contribution in [1.82, 2.24) is 0 Å². The first-order valence-electron chi connectivity index (χ1n) is 6.16. The predicted molar refractivity (Wildman–Crippen MR) is 74.9 cm³/mol. The van der Waals surface area contributed by atoms with Gasteiger partial charge in [-0.05, 0) is 36.7 Å². The van der Waals surface area contributed by atoms with Crippen LogP contribution < -0.4 is 10.5 Å². The van der Waals surface area contributed by atoms with Crippen molar-refractivity contribution < 1.29 is 13.5 Å². The third-order valence-electron chi connectivity index (χ3n) is 2.88. The highest BCUT2D eigenvalue weighted by Gasteiger charge is 2.12. The topological polar surface area (TPSA) is 35.2 Å². The first-order chi connectivity index (χ1) is 9.63. The van der Waals surface area contributed by atoms with E-state index in [2.05, 4.69) is 0 Å². The van der Waals surface area contributed by atoms with E-state index < -0.39 is 11.6 Å². The van der Waals surface area contributed by atoms with E-state index in [1.165, 1.54) is 18.2 Å². The maximum Gasteiger partial charge on any atom is 0.141 e. The van der Waals surface area contributed by atoms with Gasteiger partial charge in [0.25, 0.3) is 0 Å². The van der Waals surface area contributed by atoms with Gasteiger partial charge < -0.3 is 10.5 Å². The second-order valence-electron chi connectivity index (χ2n) is 4.26. The molecule has 0 unspecified atom stereocenters. The summed E-state index contributed by atoms with van der Waals surface area (Å²) in [6.07, 6.45) is 0.579. The zero-order valence-electron chi connectivity index (χ0n) is 10.7. The zero-order valence-corrected chi connectivity index (χ0v) is 11.5. The van der Waals surface area contributed by atoms with Crippen molar-refractivity contribution in [2.75, 3.05) is 6.54 Å². The fourth-order valence-corrected chi connectivity index (χ4v) is 2.13. The van der Waals surface area contributed by atoms with Gasteiger partial charge in [0.15, 0.2) is 0 Å². The first kappa shape index (κ1) is 14.8. The molecule has 20 heavy (non-hydrogen) atoms. The molecule has 2 aromatic carbocycles. The molecule has 0 aliphatic rings. The van der Waals surface area contributed by atoms with Crippen LogP contribution in [0.4, 0.5) is 8.78 Å². The van der Waals surface area contributed by atoms with Gasteiger partial charge in [-0.1, -0.05) is 29.8 Å². The van der Waals surface area contributed by atoms with Crippen LogP contribution >= 0.6 is 11.6 Å². The number of halogens is 3. The Bertz CT molecular complexity index is 584. The summed E-state index contributed by atoms with van der Waals surface area (Å²) in [5.74, 6) is -0.864. The average Bonchev–Trinajstić information content (AvgIpc) is 2.41. The molecule has 0 saturated carbocycles. The maximum atomic E-state index is 13.5. The van der Waals surface area contributed by atoms with Crippen LogP contribution in [0, 0.1) is 11.6 Å². The number of rotatable bonds is 5. The Kier molecular flexibility index (Phi) is 4.93. The molecule has 2 aromatic rings. The largest absolute Gasteiger partial charge is 0.487 e. The van der Waals surface area contributed by atoms with Crippen molar-refractivity contribution in [3.63, 3.8) is 0 Å². The van der Waals surface area contributed by atoms with Crippen LogP contribution in [0.3, 0.4) is 0 Å². The van der Waals surface area contributed by atoms with E-state index in [9.17, 15) is 8.78 Å².